The molecule has 0 radical (unpaired) electrons. The molecule has 0 fully saturated rings. The average molecular weight is 433 g/mol. The molecule has 0 spiro atoms. The van der Waals surface area contributed by atoms with Crippen LogP contribution in [0.5, 0.6) is 11.6 Å². The Kier molecular flexibility index (Phi) is 4.96. The molecule has 0 aliphatic carbocycles. The number of para-hydroxylation sites is 2. The Balaban J connectivity index is 1.72. The van der Waals surface area contributed by atoms with Gasteiger partial charge in [-0.05, 0) is 49.4 Å². The van der Waals surface area contributed by atoms with Crippen LogP contribution in [0.2, 0.25) is 0 Å². The zero-order chi connectivity index (χ0) is 22.9. The number of aromatic nitrogens is 4. The van der Waals surface area contributed by atoms with Gasteiger partial charge in [-0.15, -0.1) is 0 Å². The lowest BCUT2D eigenvalue weighted by atomic mass is 10.1. The number of hydrogen-bond acceptors (Lipinski definition) is 5. The highest BCUT2D eigenvalue weighted by molar-refractivity contribution is 5.91. The van der Waals surface area contributed by atoms with Gasteiger partial charge < -0.3 is 9.30 Å². The summed E-state index contributed by atoms with van der Waals surface area (Å²) >= 11 is 0. The minimum Gasteiger partial charge on any atom is -0.438 e. The van der Waals surface area contributed by atoms with Gasteiger partial charge >= 0.3 is 0 Å². The third kappa shape index (κ3) is 3.64. The Morgan fingerprint density at radius 1 is 1.03 bits per heavy atom. The smallest absolute Gasteiger partial charge is 0.269 e. The number of ether oxygens (including phenoxy) is 1. The second-order valence-electron chi connectivity index (χ2n) is 7.63. The minimum atomic E-state index is -0.339. The number of aryl methyl sites for hydroxylation is 2. The number of nitrogens with zero attached hydrogens (tertiary/aromatic N) is 5. The number of nitriles is 1. The molecule has 0 aliphatic rings. The maximum atomic E-state index is 13.4. The van der Waals surface area contributed by atoms with Gasteiger partial charge in [0.2, 0.25) is 5.88 Å². The third-order valence-corrected chi connectivity index (χ3v) is 5.41. The highest BCUT2D eigenvalue weighted by Gasteiger charge is 2.18. The largest absolute Gasteiger partial charge is 0.438 e. The lowest BCUT2D eigenvalue weighted by molar-refractivity contribution is 0.461. The minimum absolute atomic E-state index is 0.126. The molecule has 33 heavy (non-hydrogen) atoms. The van der Waals surface area contributed by atoms with Crippen LogP contribution in [0.25, 0.3) is 28.3 Å². The molecule has 0 saturated heterocycles. The molecule has 0 unspecified atom stereocenters. The molecule has 0 bridgehead atoms. The molecular formula is C26H19N5O2. The van der Waals surface area contributed by atoms with Gasteiger partial charge in [0.15, 0.2) is 5.82 Å². The van der Waals surface area contributed by atoms with Crippen molar-refractivity contribution < 1.29 is 4.74 Å². The molecule has 0 atom stereocenters. The Labute approximate surface area is 189 Å². The first-order valence-corrected chi connectivity index (χ1v) is 10.3. The number of hydrogen-bond donors (Lipinski definition) is 0. The van der Waals surface area contributed by atoms with Gasteiger partial charge in [0, 0.05) is 13.2 Å². The second kappa shape index (κ2) is 8.09. The number of rotatable bonds is 4. The third-order valence-electron chi connectivity index (χ3n) is 5.41. The SMILES string of the molecule is Cc1ccc(Oc2nc3ccccn3c(=O)c2C=C(C#N)c2nc3ccccc3n2C)cc1. The van der Waals surface area contributed by atoms with Crippen molar-refractivity contribution in [2.75, 3.05) is 0 Å². The van der Waals surface area contributed by atoms with Gasteiger partial charge in [-0.2, -0.15) is 10.2 Å². The Bertz CT molecular complexity index is 1640. The summed E-state index contributed by atoms with van der Waals surface area (Å²) in [5, 5.41) is 9.96. The summed E-state index contributed by atoms with van der Waals surface area (Å²) in [5.74, 6) is 1.13. The number of imidazole rings is 1. The Hall–Kier alpha value is -4.70. The average Bonchev–Trinajstić information content (AvgIpc) is 3.17. The molecular weight excluding hydrogens is 414 g/mol. The summed E-state index contributed by atoms with van der Waals surface area (Å²) in [4.78, 5) is 22.6. The van der Waals surface area contributed by atoms with Crippen LogP contribution in [0.15, 0.2) is 77.7 Å². The molecule has 0 amide bonds. The van der Waals surface area contributed by atoms with Gasteiger partial charge in [0.05, 0.1) is 16.6 Å². The van der Waals surface area contributed by atoms with E-state index in [-0.39, 0.29) is 22.6 Å². The molecule has 5 rings (SSSR count). The van der Waals surface area contributed by atoms with Crippen molar-refractivity contribution in [3.05, 3.63) is 100 Å². The highest BCUT2D eigenvalue weighted by atomic mass is 16.5. The summed E-state index contributed by atoms with van der Waals surface area (Å²) in [5.41, 5.74) is 3.25. The molecule has 7 heteroatoms. The fourth-order valence-electron chi connectivity index (χ4n) is 3.68. The van der Waals surface area contributed by atoms with Gasteiger partial charge in [0.25, 0.3) is 5.56 Å². The molecule has 0 aliphatic heterocycles. The van der Waals surface area contributed by atoms with Crippen LogP contribution in [-0.4, -0.2) is 18.9 Å². The normalized spacial score (nSPS) is 11.6. The van der Waals surface area contributed by atoms with E-state index in [4.69, 9.17) is 4.74 Å². The zero-order valence-electron chi connectivity index (χ0n) is 18.1. The van der Waals surface area contributed by atoms with Crippen LogP contribution in [0.4, 0.5) is 0 Å². The quantitative estimate of drug-likeness (QED) is 0.382. The molecule has 2 aromatic carbocycles. The maximum Gasteiger partial charge on any atom is 0.269 e. The summed E-state index contributed by atoms with van der Waals surface area (Å²) < 4.78 is 9.28. The van der Waals surface area contributed by atoms with Crippen LogP contribution in [0.1, 0.15) is 17.0 Å². The van der Waals surface area contributed by atoms with Crippen LogP contribution in [-0.2, 0) is 7.05 Å². The van der Waals surface area contributed by atoms with E-state index < -0.39 is 0 Å². The van der Waals surface area contributed by atoms with Crippen molar-refractivity contribution in [2.24, 2.45) is 7.05 Å². The van der Waals surface area contributed by atoms with E-state index in [0.717, 1.165) is 16.6 Å². The molecule has 3 aromatic heterocycles. The standard InChI is InChI=1S/C26H19N5O2/c1-17-10-12-19(13-11-17)33-25-20(26(32)31-14-6-5-9-23(31)29-25)15-18(16-27)24-28-21-7-3-4-8-22(21)30(24)2/h3-15H,1-2H3. The van der Waals surface area contributed by atoms with Crippen LogP contribution >= 0.6 is 0 Å². The van der Waals surface area contributed by atoms with E-state index in [2.05, 4.69) is 16.0 Å². The number of benzene rings is 2. The Morgan fingerprint density at radius 2 is 1.79 bits per heavy atom. The van der Waals surface area contributed by atoms with Crippen molar-refractivity contribution in [1.29, 1.82) is 5.26 Å². The number of fused-ring (bicyclic) bond motifs is 2. The van der Waals surface area contributed by atoms with E-state index >= 15 is 0 Å². The van der Waals surface area contributed by atoms with Crippen molar-refractivity contribution in [3.8, 4) is 17.7 Å². The molecule has 160 valence electrons. The van der Waals surface area contributed by atoms with Crippen LogP contribution in [0, 0.1) is 18.3 Å². The van der Waals surface area contributed by atoms with Gasteiger partial charge in [-0.3, -0.25) is 9.20 Å². The van der Waals surface area contributed by atoms with Gasteiger partial charge in [-0.25, -0.2) is 4.98 Å². The molecule has 5 aromatic rings. The van der Waals surface area contributed by atoms with Crippen molar-refractivity contribution in [1.82, 2.24) is 18.9 Å². The molecule has 0 saturated carbocycles. The summed E-state index contributed by atoms with van der Waals surface area (Å²) in [6.07, 6.45) is 3.14. The van der Waals surface area contributed by atoms with Gasteiger partial charge in [0.1, 0.15) is 23.0 Å². The second-order valence-corrected chi connectivity index (χ2v) is 7.63. The molecule has 3 heterocycles. The van der Waals surface area contributed by atoms with E-state index in [1.54, 1.807) is 24.4 Å². The van der Waals surface area contributed by atoms with E-state index in [1.807, 2.05) is 67.1 Å². The summed E-state index contributed by atoms with van der Waals surface area (Å²) in [6, 6.07) is 22.5. The van der Waals surface area contributed by atoms with Crippen molar-refractivity contribution in [3.63, 3.8) is 0 Å². The lowest BCUT2D eigenvalue weighted by Crippen LogP contribution is -2.18. The predicted octanol–water partition coefficient (Wildman–Crippen LogP) is 4.75. The fourth-order valence-corrected chi connectivity index (χ4v) is 3.68. The first-order valence-electron chi connectivity index (χ1n) is 10.3. The van der Waals surface area contributed by atoms with E-state index in [0.29, 0.717) is 17.2 Å². The van der Waals surface area contributed by atoms with Crippen molar-refractivity contribution >= 4 is 28.3 Å². The monoisotopic (exact) mass is 433 g/mol. The number of allylic oxidation sites excluding steroid dienone is 1. The Morgan fingerprint density at radius 3 is 2.55 bits per heavy atom. The highest BCUT2D eigenvalue weighted by Crippen LogP contribution is 2.27. The first kappa shape index (κ1) is 20.2. The maximum absolute atomic E-state index is 13.4. The molecule has 0 N–H and O–H groups in total. The first-order chi connectivity index (χ1) is 16.0. The predicted molar refractivity (Wildman–Crippen MR) is 127 cm³/mol. The topological polar surface area (TPSA) is 85.2 Å². The van der Waals surface area contributed by atoms with E-state index in [1.165, 1.54) is 10.5 Å². The lowest BCUT2D eigenvalue weighted by Gasteiger charge is -2.10. The summed E-state index contributed by atoms with van der Waals surface area (Å²) in [7, 11) is 1.84. The fraction of sp³-hybridized carbons (Fsp3) is 0.0769. The van der Waals surface area contributed by atoms with Crippen LogP contribution < -0.4 is 10.3 Å². The van der Waals surface area contributed by atoms with Crippen LogP contribution in [0.3, 0.4) is 0 Å². The van der Waals surface area contributed by atoms with Gasteiger partial charge in [-0.1, -0.05) is 35.9 Å². The molecule has 7 nitrogen and oxygen atoms in total. The van der Waals surface area contributed by atoms with Crippen molar-refractivity contribution in [2.45, 2.75) is 6.92 Å². The van der Waals surface area contributed by atoms with E-state index in [9.17, 15) is 10.1 Å². The summed E-state index contributed by atoms with van der Waals surface area (Å²) in [6.45, 7) is 1.98. The number of pyridine rings is 1. The zero-order valence-corrected chi connectivity index (χ0v) is 18.1.